The van der Waals surface area contributed by atoms with Crippen LogP contribution in [0.3, 0.4) is 0 Å². The fourth-order valence-corrected chi connectivity index (χ4v) is 3.34. The zero-order valence-electron chi connectivity index (χ0n) is 15.8. The SMILES string of the molecule is C=CCNC(=O)C(=O)NC[C@H](c1ccco1)N1CCN(c2ccccc2)CC1. The Morgan fingerprint density at radius 3 is 2.39 bits per heavy atom. The van der Waals surface area contributed by atoms with E-state index in [1.165, 1.54) is 11.8 Å². The van der Waals surface area contributed by atoms with E-state index in [9.17, 15) is 9.59 Å². The van der Waals surface area contributed by atoms with Crippen LogP contribution in [0.15, 0.2) is 65.8 Å². The molecule has 0 unspecified atom stereocenters. The summed E-state index contributed by atoms with van der Waals surface area (Å²) < 4.78 is 5.60. The quantitative estimate of drug-likeness (QED) is 0.561. The minimum absolute atomic E-state index is 0.121. The highest BCUT2D eigenvalue weighted by Gasteiger charge is 2.28. The predicted octanol–water partition coefficient (Wildman–Crippen LogP) is 1.56. The first kappa shape index (κ1) is 19.7. The molecule has 1 fully saturated rings. The van der Waals surface area contributed by atoms with Crippen molar-refractivity contribution in [2.45, 2.75) is 6.04 Å². The maximum Gasteiger partial charge on any atom is 0.309 e. The van der Waals surface area contributed by atoms with Crippen LogP contribution in [-0.4, -0.2) is 56.0 Å². The molecule has 2 heterocycles. The molecule has 2 N–H and O–H groups in total. The molecule has 2 aromatic rings. The van der Waals surface area contributed by atoms with Gasteiger partial charge >= 0.3 is 11.8 Å². The summed E-state index contributed by atoms with van der Waals surface area (Å²) in [7, 11) is 0. The Hall–Kier alpha value is -3.06. The highest BCUT2D eigenvalue weighted by molar-refractivity contribution is 6.35. The van der Waals surface area contributed by atoms with Gasteiger partial charge in [-0.15, -0.1) is 6.58 Å². The third-order valence-corrected chi connectivity index (χ3v) is 4.82. The van der Waals surface area contributed by atoms with Crippen LogP contribution in [0.5, 0.6) is 0 Å². The topological polar surface area (TPSA) is 77.8 Å². The lowest BCUT2D eigenvalue weighted by molar-refractivity contribution is -0.139. The average Bonchev–Trinajstić information content (AvgIpc) is 3.27. The van der Waals surface area contributed by atoms with E-state index in [0.717, 1.165) is 31.9 Å². The van der Waals surface area contributed by atoms with Gasteiger partial charge in [0.1, 0.15) is 5.76 Å². The Bertz CT molecular complexity index is 768. The van der Waals surface area contributed by atoms with Crippen LogP contribution < -0.4 is 15.5 Å². The molecule has 2 amide bonds. The van der Waals surface area contributed by atoms with Crippen LogP contribution in [0.25, 0.3) is 0 Å². The first-order valence-electron chi connectivity index (χ1n) is 9.43. The van der Waals surface area contributed by atoms with Crippen molar-refractivity contribution in [2.24, 2.45) is 0 Å². The summed E-state index contributed by atoms with van der Waals surface area (Å²) in [6.45, 7) is 7.52. The molecule has 1 aromatic heterocycles. The molecule has 0 aliphatic carbocycles. The van der Waals surface area contributed by atoms with Gasteiger partial charge in [0.05, 0.1) is 12.3 Å². The summed E-state index contributed by atoms with van der Waals surface area (Å²) in [6, 6.07) is 13.9. The lowest BCUT2D eigenvalue weighted by Crippen LogP contribution is -2.50. The molecule has 3 rings (SSSR count). The van der Waals surface area contributed by atoms with Crippen molar-refractivity contribution in [2.75, 3.05) is 44.2 Å². The summed E-state index contributed by atoms with van der Waals surface area (Å²) in [5, 5.41) is 5.20. The summed E-state index contributed by atoms with van der Waals surface area (Å²) in [5.74, 6) is -0.534. The van der Waals surface area contributed by atoms with Gasteiger partial charge in [0.15, 0.2) is 0 Å². The van der Waals surface area contributed by atoms with Crippen molar-refractivity contribution in [1.82, 2.24) is 15.5 Å². The molecule has 1 aliphatic heterocycles. The second-order valence-corrected chi connectivity index (χ2v) is 6.60. The van der Waals surface area contributed by atoms with Crippen LogP contribution in [0.2, 0.25) is 0 Å². The zero-order chi connectivity index (χ0) is 19.8. The molecule has 1 aliphatic rings. The fraction of sp³-hybridized carbons (Fsp3) is 0.333. The van der Waals surface area contributed by atoms with Crippen LogP contribution in [-0.2, 0) is 9.59 Å². The number of hydrogen-bond acceptors (Lipinski definition) is 5. The first-order chi connectivity index (χ1) is 13.7. The van der Waals surface area contributed by atoms with Crippen LogP contribution >= 0.6 is 0 Å². The number of amides is 2. The molecule has 1 saturated heterocycles. The van der Waals surface area contributed by atoms with Gasteiger partial charge in [0.25, 0.3) is 0 Å². The second kappa shape index (κ2) is 9.75. The standard InChI is InChI=1S/C21H26N4O3/c1-2-10-22-20(26)21(27)23-16-18(19-9-6-15-28-19)25-13-11-24(12-14-25)17-7-4-3-5-8-17/h2-9,15,18H,1,10-14,16H2,(H,22,26)(H,23,27)/t18-/m1/s1. The van der Waals surface area contributed by atoms with Gasteiger partial charge in [0, 0.05) is 45.0 Å². The minimum Gasteiger partial charge on any atom is -0.468 e. The number of carbonyl (C=O) groups is 2. The fourth-order valence-electron chi connectivity index (χ4n) is 3.34. The number of benzene rings is 1. The number of carbonyl (C=O) groups excluding carboxylic acids is 2. The highest BCUT2D eigenvalue weighted by atomic mass is 16.3. The van der Waals surface area contributed by atoms with Crippen molar-refractivity contribution in [3.05, 3.63) is 67.1 Å². The Labute approximate surface area is 165 Å². The van der Waals surface area contributed by atoms with Crippen molar-refractivity contribution in [3.8, 4) is 0 Å². The number of furan rings is 1. The number of nitrogens with one attached hydrogen (secondary N) is 2. The molecular weight excluding hydrogens is 356 g/mol. The average molecular weight is 382 g/mol. The Balaban J connectivity index is 1.59. The van der Waals surface area contributed by atoms with Crippen molar-refractivity contribution >= 4 is 17.5 Å². The third-order valence-electron chi connectivity index (χ3n) is 4.82. The van der Waals surface area contributed by atoms with Gasteiger partial charge < -0.3 is 20.0 Å². The maximum absolute atomic E-state index is 12.0. The van der Waals surface area contributed by atoms with E-state index in [1.54, 1.807) is 6.26 Å². The van der Waals surface area contributed by atoms with Crippen molar-refractivity contribution in [3.63, 3.8) is 0 Å². The van der Waals surface area contributed by atoms with Crippen LogP contribution in [0.4, 0.5) is 5.69 Å². The van der Waals surface area contributed by atoms with Gasteiger partial charge in [-0.1, -0.05) is 24.3 Å². The monoisotopic (exact) mass is 382 g/mol. The number of nitrogens with zero attached hydrogens (tertiary/aromatic N) is 2. The Kier molecular flexibility index (Phi) is 6.86. The molecule has 0 radical (unpaired) electrons. The largest absolute Gasteiger partial charge is 0.468 e. The van der Waals surface area contributed by atoms with Crippen molar-refractivity contribution < 1.29 is 14.0 Å². The third kappa shape index (κ3) is 5.01. The van der Waals surface area contributed by atoms with Gasteiger partial charge in [-0.25, -0.2) is 0 Å². The summed E-state index contributed by atoms with van der Waals surface area (Å²) in [6.07, 6.45) is 3.16. The van der Waals surface area contributed by atoms with Crippen LogP contribution in [0, 0.1) is 0 Å². The molecule has 1 atom stereocenters. The number of para-hydroxylation sites is 1. The Morgan fingerprint density at radius 1 is 1.04 bits per heavy atom. The molecule has 0 bridgehead atoms. The van der Waals surface area contributed by atoms with E-state index in [4.69, 9.17) is 4.42 Å². The smallest absolute Gasteiger partial charge is 0.309 e. The highest BCUT2D eigenvalue weighted by Crippen LogP contribution is 2.24. The van der Waals surface area contributed by atoms with Gasteiger partial charge in [-0.05, 0) is 24.3 Å². The van der Waals surface area contributed by atoms with E-state index >= 15 is 0 Å². The van der Waals surface area contributed by atoms with E-state index < -0.39 is 11.8 Å². The summed E-state index contributed by atoms with van der Waals surface area (Å²) in [5.41, 5.74) is 1.21. The molecule has 28 heavy (non-hydrogen) atoms. The molecular formula is C21H26N4O3. The lowest BCUT2D eigenvalue weighted by atomic mass is 10.1. The first-order valence-corrected chi connectivity index (χ1v) is 9.43. The van der Waals surface area contributed by atoms with E-state index in [-0.39, 0.29) is 12.6 Å². The number of piperazine rings is 1. The van der Waals surface area contributed by atoms with Gasteiger partial charge in [-0.2, -0.15) is 0 Å². The molecule has 148 valence electrons. The van der Waals surface area contributed by atoms with E-state index in [2.05, 4.69) is 39.1 Å². The molecule has 0 spiro atoms. The Morgan fingerprint density at radius 2 is 1.75 bits per heavy atom. The molecule has 1 aromatic carbocycles. The normalized spacial score (nSPS) is 15.6. The van der Waals surface area contributed by atoms with E-state index in [1.807, 2.05) is 30.3 Å². The number of rotatable bonds is 7. The number of hydrogen-bond donors (Lipinski definition) is 2. The van der Waals surface area contributed by atoms with Crippen LogP contribution in [0.1, 0.15) is 11.8 Å². The second-order valence-electron chi connectivity index (χ2n) is 6.60. The van der Waals surface area contributed by atoms with Crippen molar-refractivity contribution in [1.29, 1.82) is 0 Å². The minimum atomic E-state index is -0.660. The van der Waals surface area contributed by atoms with Gasteiger partial charge in [-0.3, -0.25) is 14.5 Å². The predicted molar refractivity (Wildman–Crippen MR) is 108 cm³/mol. The summed E-state index contributed by atoms with van der Waals surface area (Å²) >= 11 is 0. The lowest BCUT2D eigenvalue weighted by Gasteiger charge is -2.39. The molecule has 7 heteroatoms. The zero-order valence-corrected chi connectivity index (χ0v) is 15.8. The van der Waals surface area contributed by atoms with Gasteiger partial charge in [0.2, 0.25) is 0 Å². The molecule has 0 saturated carbocycles. The molecule has 7 nitrogen and oxygen atoms in total. The number of anilines is 1. The van der Waals surface area contributed by atoms with E-state index in [0.29, 0.717) is 6.54 Å². The maximum atomic E-state index is 12.0. The summed E-state index contributed by atoms with van der Waals surface area (Å²) in [4.78, 5) is 28.4.